The summed E-state index contributed by atoms with van der Waals surface area (Å²) in [5.41, 5.74) is 3.49. The van der Waals surface area contributed by atoms with Gasteiger partial charge in [0.05, 0.1) is 21.2 Å². The van der Waals surface area contributed by atoms with Gasteiger partial charge in [-0.15, -0.1) is 0 Å². The summed E-state index contributed by atoms with van der Waals surface area (Å²) in [4.78, 5) is 18.5. The second kappa shape index (κ2) is 7.34. The van der Waals surface area contributed by atoms with Crippen LogP contribution in [0.2, 0.25) is 15.1 Å². The van der Waals surface area contributed by atoms with Gasteiger partial charge in [-0.25, -0.2) is 4.98 Å². The van der Waals surface area contributed by atoms with E-state index >= 15 is 0 Å². The number of benzene rings is 2. The molecular weight excluding hydrogens is 405 g/mol. The van der Waals surface area contributed by atoms with Crippen LogP contribution in [0.5, 0.6) is 0 Å². The lowest BCUT2D eigenvalue weighted by atomic mass is 9.96. The van der Waals surface area contributed by atoms with Crippen LogP contribution >= 0.6 is 34.8 Å². The zero-order chi connectivity index (χ0) is 19.1. The first kappa shape index (κ1) is 18.6. The molecule has 0 fully saturated rings. The monoisotopic (exact) mass is 421 g/mol. The minimum Gasteiger partial charge on any atom is -0.310 e. The average Bonchev–Trinajstić information content (AvgIpc) is 3.05. The highest BCUT2D eigenvalue weighted by Crippen LogP contribution is 2.40. The molecule has 1 aromatic heterocycles. The molecule has 0 spiro atoms. The van der Waals surface area contributed by atoms with Gasteiger partial charge in [0.2, 0.25) is 5.95 Å². The molecule has 0 N–H and O–H groups in total. The second-order valence-corrected chi connectivity index (χ2v) is 7.90. The molecule has 3 aromatic rings. The number of rotatable bonds is 4. The lowest BCUT2D eigenvalue weighted by molar-refractivity contribution is -0.109. The molecule has 7 heteroatoms. The molecule has 0 radical (unpaired) electrons. The highest BCUT2D eigenvalue weighted by molar-refractivity contribution is 6.36. The number of hydrogen-bond donors (Lipinski definition) is 0. The van der Waals surface area contributed by atoms with Gasteiger partial charge >= 0.3 is 0 Å². The highest BCUT2D eigenvalue weighted by Gasteiger charge is 2.27. The van der Waals surface area contributed by atoms with Crippen molar-refractivity contribution >= 4 is 63.8 Å². The largest absolute Gasteiger partial charge is 0.310 e. The molecule has 4 rings (SSSR count). The Labute approximate surface area is 172 Å². The Balaban J connectivity index is 1.95. The second-order valence-electron chi connectivity index (χ2n) is 6.65. The predicted octanol–water partition coefficient (Wildman–Crippen LogP) is 6.23. The van der Waals surface area contributed by atoms with Gasteiger partial charge in [0.1, 0.15) is 11.8 Å². The summed E-state index contributed by atoms with van der Waals surface area (Å²) in [6.07, 6.45) is 2.66. The highest BCUT2D eigenvalue weighted by atomic mass is 35.5. The van der Waals surface area contributed by atoms with Crippen molar-refractivity contribution in [1.82, 2.24) is 9.55 Å². The third kappa shape index (κ3) is 3.10. The van der Waals surface area contributed by atoms with Gasteiger partial charge in [0, 0.05) is 24.0 Å². The number of aryl methyl sites for hydroxylation is 1. The Hall–Kier alpha value is -1.75. The Morgan fingerprint density at radius 1 is 1.15 bits per heavy atom. The maximum absolute atomic E-state index is 11.6. The lowest BCUT2D eigenvalue weighted by Gasteiger charge is -2.30. The first-order chi connectivity index (χ1) is 13.0. The number of fused-ring (bicyclic) bond motifs is 3. The molecule has 1 aliphatic rings. The zero-order valence-corrected chi connectivity index (χ0v) is 17.0. The van der Waals surface area contributed by atoms with Crippen LogP contribution in [0.1, 0.15) is 31.2 Å². The number of anilines is 2. The van der Waals surface area contributed by atoms with E-state index in [0.29, 0.717) is 15.1 Å². The van der Waals surface area contributed by atoms with Crippen molar-refractivity contribution in [2.45, 2.75) is 32.2 Å². The van der Waals surface area contributed by atoms with Gasteiger partial charge < -0.3 is 14.3 Å². The summed E-state index contributed by atoms with van der Waals surface area (Å²) < 4.78 is 2.15. The number of aromatic nitrogens is 2. The Morgan fingerprint density at radius 3 is 2.67 bits per heavy atom. The number of carbonyl (C=O) groups excluding carboxylic acids is 1. The van der Waals surface area contributed by atoms with Gasteiger partial charge in [-0.05, 0) is 42.7 Å². The van der Waals surface area contributed by atoms with Crippen LogP contribution in [-0.2, 0) is 11.3 Å². The van der Waals surface area contributed by atoms with E-state index in [1.54, 1.807) is 6.07 Å². The maximum Gasteiger partial charge on any atom is 0.211 e. The van der Waals surface area contributed by atoms with Crippen molar-refractivity contribution in [3.8, 4) is 0 Å². The van der Waals surface area contributed by atoms with Gasteiger partial charge in [-0.2, -0.15) is 0 Å². The van der Waals surface area contributed by atoms with Crippen LogP contribution in [0, 0.1) is 0 Å². The van der Waals surface area contributed by atoms with Crippen molar-refractivity contribution in [3.05, 3.63) is 51.0 Å². The first-order valence-electron chi connectivity index (χ1n) is 8.91. The maximum atomic E-state index is 11.6. The number of nitrogens with zero attached hydrogens (tertiary/aromatic N) is 3. The van der Waals surface area contributed by atoms with E-state index in [9.17, 15) is 4.79 Å². The normalized spacial score (nSPS) is 15.0. The number of imidazole rings is 1. The number of carbonyl (C=O) groups is 1. The fraction of sp³-hybridized carbons (Fsp3) is 0.300. The third-order valence-corrected chi connectivity index (χ3v) is 5.91. The predicted molar refractivity (Wildman–Crippen MR) is 112 cm³/mol. The van der Waals surface area contributed by atoms with E-state index in [4.69, 9.17) is 39.8 Å². The van der Waals surface area contributed by atoms with E-state index in [1.807, 2.05) is 31.2 Å². The van der Waals surface area contributed by atoms with Crippen molar-refractivity contribution < 1.29 is 4.79 Å². The van der Waals surface area contributed by atoms with Crippen molar-refractivity contribution in [3.63, 3.8) is 0 Å². The molecular formula is C20H18Cl3N3O. The average molecular weight is 423 g/mol. The Kier molecular flexibility index (Phi) is 5.06. The van der Waals surface area contributed by atoms with Crippen LogP contribution in [-0.4, -0.2) is 22.4 Å². The topological polar surface area (TPSA) is 38.1 Å². The molecule has 0 saturated heterocycles. The Morgan fingerprint density at radius 2 is 1.96 bits per heavy atom. The van der Waals surface area contributed by atoms with Gasteiger partial charge in [-0.3, -0.25) is 0 Å². The molecule has 1 unspecified atom stereocenters. The van der Waals surface area contributed by atoms with E-state index in [0.717, 1.165) is 60.4 Å². The molecule has 1 aliphatic heterocycles. The van der Waals surface area contributed by atoms with Crippen LogP contribution < -0.4 is 4.90 Å². The number of halogens is 3. The number of hydrogen-bond acceptors (Lipinski definition) is 3. The van der Waals surface area contributed by atoms with Crippen molar-refractivity contribution in [2.75, 3.05) is 11.4 Å². The van der Waals surface area contributed by atoms with Crippen LogP contribution in [0.25, 0.3) is 11.0 Å². The zero-order valence-electron chi connectivity index (χ0n) is 14.8. The van der Waals surface area contributed by atoms with Gasteiger partial charge in [-0.1, -0.05) is 47.8 Å². The molecule has 0 saturated carbocycles. The molecule has 0 amide bonds. The molecule has 0 aliphatic carbocycles. The molecule has 4 nitrogen and oxygen atoms in total. The summed E-state index contributed by atoms with van der Waals surface area (Å²) in [7, 11) is 0. The van der Waals surface area contributed by atoms with E-state index < -0.39 is 0 Å². The van der Waals surface area contributed by atoms with E-state index in [-0.39, 0.29) is 5.92 Å². The Bertz CT molecular complexity index is 1030. The molecule has 27 heavy (non-hydrogen) atoms. The fourth-order valence-corrected chi connectivity index (χ4v) is 4.45. The summed E-state index contributed by atoms with van der Waals surface area (Å²) in [5, 5.41) is 1.75. The standard InChI is InChI=1S/C20H18Cl3N3O/c1-2-12(11-27)14-5-6-15(22)18-19(14)26-9-3-8-25(20(26)24-18)17-7-4-13(21)10-16(17)23/h4-7,10-12H,2-3,8-9H2,1H3. The van der Waals surface area contributed by atoms with Crippen molar-refractivity contribution in [2.24, 2.45) is 0 Å². The van der Waals surface area contributed by atoms with Crippen molar-refractivity contribution in [1.29, 1.82) is 0 Å². The van der Waals surface area contributed by atoms with Crippen LogP contribution in [0.3, 0.4) is 0 Å². The molecule has 2 heterocycles. The lowest BCUT2D eigenvalue weighted by Crippen LogP contribution is -2.28. The quantitative estimate of drug-likeness (QED) is 0.468. The van der Waals surface area contributed by atoms with Crippen LogP contribution in [0.4, 0.5) is 11.6 Å². The minimum absolute atomic E-state index is 0.180. The van der Waals surface area contributed by atoms with E-state index in [2.05, 4.69) is 9.47 Å². The van der Waals surface area contributed by atoms with E-state index in [1.165, 1.54) is 0 Å². The molecule has 1 atom stereocenters. The molecule has 140 valence electrons. The summed E-state index contributed by atoms with van der Waals surface area (Å²) in [6.45, 7) is 3.62. The molecule has 2 aromatic carbocycles. The summed E-state index contributed by atoms with van der Waals surface area (Å²) in [6, 6.07) is 9.23. The number of aldehydes is 1. The molecule has 0 bridgehead atoms. The van der Waals surface area contributed by atoms with Gasteiger partial charge in [0.15, 0.2) is 0 Å². The third-order valence-electron chi connectivity index (χ3n) is 5.07. The smallest absolute Gasteiger partial charge is 0.211 e. The summed E-state index contributed by atoms with van der Waals surface area (Å²) in [5.74, 6) is 0.607. The van der Waals surface area contributed by atoms with Gasteiger partial charge in [0.25, 0.3) is 0 Å². The minimum atomic E-state index is -0.180. The fourth-order valence-electron chi connectivity index (χ4n) is 3.74. The summed E-state index contributed by atoms with van der Waals surface area (Å²) >= 11 is 19.0. The SMILES string of the molecule is CCC(C=O)c1ccc(Cl)c2nc3n(c12)CCCN3c1ccc(Cl)cc1Cl. The van der Waals surface area contributed by atoms with Crippen LogP contribution in [0.15, 0.2) is 30.3 Å². The first-order valence-corrected chi connectivity index (χ1v) is 10.0.